The topological polar surface area (TPSA) is 42.7 Å². The molecule has 0 bridgehead atoms. The third-order valence-electron chi connectivity index (χ3n) is 7.86. The highest BCUT2D eigenvalue weighted by Gasteiger charge is 2.35. The van der Waals surface area contributed by atoms with Crippen LogP contribution in [0.2, 0.25) is 0 Å². The molecule has 2 fully saturated rings. The van der Waals surface area contributed by atoms with Crippen LogP contribution in [0.25, 0.3) is 27.7 Å². The van der Waals surface area contributed by atoms with E-state index in [9.17, 15) is 4.79 Å². The van der Waals surface area contributed by atoms with Crippen molar-refractivity contribution >= 4 is 22.4 Å². The number of hydrogen-bond donors (Lipinski definition) is 0. The Morgan fingerprint density at radius 3 is 2.65 bits per heavy atom. The molecule has 5 rings (SSSR count). The average molecular weight is 458 g/mol. The van der Waals surface area contributed by atoms with Crippen molar-refractivity contribution in [3.63, 3.8) is 0 Å². The largest absolute Gasteiger partial charge is 0.496 e. The molecule has 1 aliphatic heterocycles. The zero-order valence-electron chi connectivity index (χ0n) is 20.8. The summed E-state index contributed by atoms with van der Waals surface area (Å²) in [5.74, 6) is 1.54. The molecule has 1 amide bonds. The van der Waals surface area contributed by atoms with Gasteiger partial charge in [-0.3, -0.25) is 4.79 Å². The number of furan rings is 1. The van der Waals surface area contributed by atoms with Gasteiger partial charge in [-0.1, -0.05) is 36.6 Å². The number of piperidine rings is 1. The van der Waals surface area contributed by atoms with E-state index < -0.39 is 0 Å². The van der Waals surface area contributed by atoms with Crippen molar-refractivity contribution in [1.82, 2.24) is 4.90 Å². The minimum Gasteiger partial charge on any atom is -0.496 e. The van der Waals surface area contributed by atoms with Crippen LogP contribution < -0.4 is 4.74 Å². The molecule has 0 radical (unpaired) electrons. The molecule has 0 spiro atoms. The predicted octanol–water partition coefficient (Wildman–Crippen LogP) is 7.31. The van der Waals surface area contributed by atoms with Gasteiger partial charge in [-0.2, -0.15) is 0 Å². The first-order chi connectivity index (χ1) is 16.5. The summed E-state index contributed by atoms with van der Waals surface area (Å²) in [5, 5.41) is 1.04. The number of allylic oxidation sites excluding steroid dienone is 1. The molecule has 2 heterocycles. The Hall–Kier alpha value is -3.01. The van der Waals surface area contributed by atoms with Crippen LogP contribution in [-0.4, -0.2) is 30.5 Å². The zero-order chi connectivity index (χ0) is 23.8. The highest BCUT2D eigenvalue weighted by atomic mass is 16.5. The SMILES string of the molecule is COc1cc2occ(-c3ccc(C)cc3C)c2cc1/C(C)=C/C(=O)N1CCCC2CCCCC21. The summed E-state index contributed by atoms with van der Waals surface area (Å²) in [6, 6.07) is 10.9. The fraction of sp³-hybridized carbons (Fsp3) is 0.433. The molecule has 2 aromatic carbocycles. The fourth-order valence-electron chi connectivity index (χ4n) is 6.10. The molecule has 1 saturated heterocycles. The first-order valence-electron chi connectivity index (χ1n) is 12.6. The Balaban J connectivity index is 1.51. The van der Waals surface area contributed by atoms with Gasteiger partial charge in [0.2, 0.25) is 5.91 Å². The number of nitrogens with zero attached hydrogens (tertiary/aromatic N) is 1. The lowest BCUT2D eigenvalue weighted by molar-refractivity contribution is -0.132. The van der Waals surface area contributed by atoms with Crippen LogP contribution >= 0.6 is 0 Å². The smallest absolute Gasteiger partial charge is 0.247 e. The summed E-state index contributed by atoms with van der Waals surface area (Å²) in [4.78, 5) is 15.5. The monoisotopic (exact) mass is 457 g/mol. The number of hydrogen-bond acceptors (Lipinski definition) is 3. The van der Waals surface area contributed by atoms with Crippen LogP contribution in [0, 0.1) is 19.8 Å². The lowest BCUT2D eigenvalue weighted by atomic mass is 9.78. The lowest BCUT2D eigenvalue weighted by Crippen LogP contribution is -2.49. The lowest BCUT2D eigenvalue weighted by Gasteiger charge is -2.43. The summed E-state index contributed by atoms with van der Waals surface area (Å²) in [6.45, 7) is 7.13. The van der Waals surface area contributed by atoms with Crippen molar-refractivity contribution in [2.75, 3.05) is 13.7 Å². The first kappa shape index (κ1) is 22.8. The van der Waals surface area contributed by atoms with Crippen molar-refractivity contribution in [3.05, 3.63) is 59.4 Å². The molecule has 4 heteroatoms. The maximum absolute atomic E-state index is 13.4. The van der Waals surface area contributed by atoms with E-state index in [2.05, 4.69) is 43.0 Å². The Morgan fingerprint density at radius 2 is 1.85 bits per heavy atom. The molecule has 2 aliphatic rings. The highest BCUT2D eigenvalue weighted by Crippen LogP contribution is 2.39. The summed E-state index contributed by atoms with van der Waals surface area (Å²) < 4.78 is 11.6. The van der Waals surface area contributed by atoms with E-state index in [4.69, 9.17) is 9.15 Å². The molecule has 1 aliphatic carbocycles. The van der Waals surface area contributed by atoms with E-state index >= 15 is 0 Å². The van der Waals surface area contributed by atoms with Gasteiger partial charge >= 0.3 is 0 Å². The molecular weight excluding hydrogens is 422 g/mol. The second-order valence-corrected chi connectivity index (χ2v) is 10.1. The van der Waals surface area contributed by atoms with Gasteiger partial charge in [0.1, 0.15) is 11.3 Å². The van der Waals surface area contributed by atoms with Crippen molar-refractivity contribution < 1.29 is 13.9 Å². The van der Waals surface area contributed by atoms with E-state index in [1.54, 1.807) is 7.11 Å². The van der Waals surface area contributed by atoms with Gasteiger partial charge in [-0.25, -0.2) is 0 Å². The summed E-state index contributed by atoms with van der Waals surface area (Å²) in [6.07, 6.45) is 11.0. The van der Waals surface area contributed by atoms with Crippen LogP contribution in [-0.2, 0) is 4.79 Å². The summed E-state index contributed by atoms with van der Waals surface area (Å²) in [5.41, 5.74) is 7.34. The van der Waals surface area contributed by atoms with Crippen molar-refractivity contribution in [2.24, 2.45) is 5.92 Å². The quantitative estimate of drug-likeness (QED) is 0.386. The molecule has 1 aromatic heterocycles. The van der Waals surface area contributed by atoms with Crippen molar-refractivity contribution in [2.45, 2.75) is 65.3 Å². The minimum absolute atomic E-state index is 0.137. The molecular formula is C30H35NO3. The maximum atomic E-state index is 13.4. The predicted molar refractivity (Wildman–Crippen MR) is 138 cm³/mol. The van der Waals surface area contributed by atoms with Crippen molar-refractivity contribution in [1.29, 1.82) is 0 Å². The van der Waals surface area contributed by atoms with Crippen LogP contribution in [0.4, 0.5) is 0 Å². The van der Waals surface area contributed by atoms with E-state index in [-0.39, 0.29) is 5.91 Å². The minimum atomic E-state index is 0.137. The van der Waals surface area contributed by atoms with Gasteiger partial charge < -0.3 is 14.1 Å². The first-order valence-corrected chi connectivity index (χ1v) is 12.6. The maximum Gasteiger partial charge on any atom is 0.247 e. The number of fused-ring (bicyclic) bond motifs is 2. The molecule has 2 atom stereocenters. The van der Waals surface area contributed by atoms with E-state index in [0.717, 1.165) is 58.4 Å². The number of benzene rings is 2. The Labute approximate surface area is 202 Å². The Kier molecular flexibility index (Phi) is 6.24. The second kappa shape index (κ2) is 9.32. The molecule has 4 nitrogen and oxygen atoms in total. The Bertz CT molecular complexity index is 1250. The van der Waals surface area contributed by atoms with Gasteiger partial charge in [-0.05, 0) is 75.1 Å². The fourth-order valence-corrected chi connectivity index (χ4v) is 6.10. The summed E-state index contributed by atoms with van der Waals surface area (Å²) >= 11 is 0. The standard InChI is InChI=1S/C30H35NO3/c1-19-11-12-23(20(2)14-19)26-18-34-29-17-28(33-4)24(16-25(26)29)21(3)15-30(32)31-13-7-9-22-8-5-6-10-27(22)31/h11-12,14-18,22,27H,5-10,13H2,1-4H3/b21-15+. The number of carbonyl (C=O) groups excluding carboxylic acids is 1. The van der Waals surface area contributed by atoms with Crippen LogP contribution in [0.3, 0.4) is 0 Å². The second-order valence-electron chi connectivity index (χ2n) is 10.1. The third-order valence-corrected chi connectivity index (χ3v) is 7.86. The third kappa shape index (κ3) is 4.15. The molecule has 178 valence electrons. The van der Waals surface area contributed by atoms with Crippen molar-refractivity contribution in [3.8, 4) is 16.9 Å². The molecule has 34 heavy (non-hydrogen) atoms. The van der Waals surface area contributed by atoms with E-state index in [1.807, 2.05) is 25.3 Å². The summed E-state index contributed by atoms with van der Waals surface area (Å²) in [7, 11) is 1.67. The molecule has 3 aromatic rings. The molecule has 2 unspecified atom stereocenters. The van der Waals surface area contributed by atoms with Crippen LogP contribution in [0.5, 0.6) is 5.75 Å². The number of carbonyl (C=O) groups is 1. The number of amides is 1. The average Bonchev–Trinajstić information content (AvgIpc) is 3.25. The number of ether oxygens (including phenoxy) is 1. The number of methoxy groups -OCH3 is 1. The van der Waals surface area contributed by atoms with Gasteiger partial charge in [0.15, 0.2) is 0 Å². The number of aryl methyl sites for hydroxylation is 2. The highest BCUT2D eigenvalue weighted by molar-refractivity contribution is 6.00. The number of rotatable bonds is 4. The molecule has 1 saturated carbocycles. The van der Waals surface area contributed by atoms with Gasteiger partial charge in [0.25, 0.3) is 0 Å². The van der Waals surface area contributed by atoms with Gasteiger partial charge in [0.05, 0.1) is 13.4 Å². The van der Waals surface area contributed by atoms with E-state index in [0.29, 0.717) is 12.0 Å². The van der Waals surface area contributed by atoms with Crippen LogP contribution in [0.1, 0.15) is 62.1 Å². The van der Waals surface area contributed by atoms with Gasteiger partial charge in [0, 0.05) is 41.2 Å². The molecule has 0 N–H and O–H groups in total. The van der Waals surface area contributed by atoms with E-state index in [1.165, 1.54) is 36.8 Å². The van der Waals surface area contributed by atoms with Crippen LogP contribution in [0.15, 0.2) is 47.1 Å². The number of likely N-dealkylation sites (tertiary alicyclic amines) is 1. The zero-order valence-corrected chi connectivity index (χ0v) is 20.8. The normalized spacial score (nSPS) is 20.9. The van der Waals surface area contributed by atoms with Gasteiger partial charge in [-0.15, -0.1) is 0 Å². The Morgan fingerprint density at radius 1 is 1.06 bits per heavy atom.